The van der Waals surface area contributed by atoms with Crippen LogP contribution in [0.3, 0.4) is 0 Å². The van der Waals surface area contributed by atoms with Crippen molar-refractivity contribution in [2.24, 2.45) is 0 Å². The van der Waals surface area contributed by atoms with Gasteiger partial charge in [-0.2, -0.15) is 0 Å². The zero-order valence-corrected chi connectivity index (χ0v) is 10.8. The van der Waals surface area contributed by atoms with E-state index in [9.17, 15) is 0 Å². The Morgan fingerprint density at radius 3 is 2.78 bits per heavy atom. The van der Waals surface area contributed by atoms with Gasteiger partial charge in [-0.05, 0) is 17.7 Å². The van der Waals surface area contributed by atoms with Gasteiger partial charge < -0.3 is 14.5 Å². The third-order valence-corrected chi connectivity index (χ3v) is 2.60. The molecule has 18 heavy (non-hydrogen) atoms. The lowest BCUT2D eigenvalue weighted by Gasteiger charge is -2.01. The van der Waals surface area contributed by atoms with Gasteiger partial charge in [0.15, 0.2) is 0 Å². The predicted molar refractivity (Wildman–Crippen MR) is 68.7 cm³/mol. The van der Waals surface area contributed by atoms with Crippen LogP contribution in [0.2, 0.25) is 5.02 Å². The van der Waals surface area contributed by atoms with Gasteiger partial charge in [-0.1, -0.05) is 28.8 Å². The summed E-state index contributed by atoms with van der Waals surface area (Å²) >= 11 is 5.81. The molecule has 0 bridgehead atoms. The first-order valence-electron chi connectivity index (χ1n) is 5.57. The molecule has 1 aromatic carbocycles. The van der Waals surface area contributed by atoms with Gasteiger partial charge >= 0.3 is 6.01 Å². The Kier molecular flexibility index (Phi) is 4.55. The van der Waals surface area contributed by atoms with Crippen LogP contribution < -0.4 is 5.32 Å². The van der Waals surface area contributed by atoms with E-state index in [2.05, 4.69) is 15.5 Å². The SMILES string of the molecule is COCCc1nnc(NCc2ccc(Cl)cc2)o1. The number of nitrogens with zero attached hydrogens (tertiary/aromatic N) is 2. The topological polar surface area (TPSA) is 60.2 Å². The maximum absolute atomic E-state index is 5.81. The standard InChI is InChI=1S/C12H14ClN3O2/c1-17-7-6-11-15-16-12(18-11)14-8-9-2-4-10(13)5-3-9/h2-5H,6-8H2,1H3,(H,14,16). The molecule has 0 aliphatic rings. The summed E-state index contributed by atoms with van der Waals surface area (Å²) in [6.45, 7) is 1.18. The van der Waals surface area contributed by atoms with Crippen molar-refractivity contribution < 1.29 is 9.15 Å². The molecule has 0 fully saturated rings. The van der Waals surface area contributed by atoms with Crippen LogP contribution in [-0.2, 0) is 17.7 Å². The Balaban J connectivity index is 1.86. The molecule has 1 heterocycles. The first-order chi connectivity index (χ1) is 8.78. The summed E-state index contributed by atoms with van der Waals surface area (Å²) in [7, 11) is 1.63. The molecule has 1 aromatic heterocycles. The van der Waals surface area contributed by atoms with Crippen molar-refractivity contribution in [3.8, 4) is 0 Å². The van der Waals surface area contributed by atoms with E-state index in [1.165, 1.54) is 0 Å². The van der Waals surface area contributed by atoms with Gasteiger partial charge in [0.25, 0.3) is 0 Å². The number of aromatic nitrogens is 2. The summed E-state index contributed by atoms with van der Waals surface area (Å²) in [6, 6.07) is 7.98. The summed E-state index contributed by atoms with van der Waals surface area (Å²) < 4.78 is 10.3. The van der Waals surface area contributed by atoms with Crippen LogP contribution >= 0.6 is 11.6 Å². The third kappa shape index (κ3) is 3.72. The first-order valence-corrected chi connectivity index (χ1v) is 5.95. The lowest BCUT2D eigenvalue weighted by Crippen LogP contribution is -1.99. The molecule has 0 aliphatic carbocycles. The second-order valence-corrected chi connectivity index (χ2v) is 4.16. The Bertz CT molecular complexity index is 484. The molecule has 6 heteroatoms. The van der Waals surface area contributed by atoms with E-state index >= 15 is 0 Å². The third-order valence-electron chi connectivity index (χ3n) is 2.34. The van der Waals surface area contributed by atoms with Crippen LogP contribution in [0.15, 0.2) is 28.7 Å². The highest BCUT2D eigenvalue weighted by Gasteiger charge is 2.05. The second kappa shape index (κ2) is 6.37. The van der Waals surface area contributed by atoms with Gasteiger partial charge in [0.1, 0.15) is 0 Å². The van der Waals surface area contributed by atoms with Crippen molar-refractivity contribution in [1.82, 2.24) is 10.2 Å². The molecule has 2 rings (SSSR count). The molecule has 0 spiro atoms. The molecule has 0 amide bonds. The molecule has 5 nitrogen and oxygen atoms in total. The van der Waals surface area contributed by atoms with E-state index in [1.807, 2.05) is 24.3 Å². The molecule has 0 unspecified atom stereocenters. The minimum absolute atomic E-state index is 0.413. The second-order valence-electron chi connectivity index (χ2n) is 3.72. The van der Waals surface area contributed by atoms with Crippen LogP contribution in [-0.4, -0.2) is 23.9 Å². The zero-order valence-electron chi connectivity index (χ0n) is 10.0. The van der Waals surface area contributed by atoms with Crippen LogP contribution in [0.1, 0.15) is 11.5 Å². The molecule has 0 radical (unpaired) electrons. The Morgan fingerprint density at radius 2 is 2.06 bits per heavy atom. The highest BCUT2D eigenvalue weighted by molar-refractivity contribution is 6.30. The Labute approximate surface area is 110 Å². The lowest BCUT2D eigenvalue weighted by atomic mass is 10.2. The molecule has 0 aliphatic heterocycles. The van der Waals surface area contributed by atoms with Crippen molar-refractivity contribution >= 4 is 17.6 Å². The summed E-state index contributed by atoms with van der Waals surface area (Å²) in [5.41, 5.74) is 1.09. The molecular formula is C12H14ClN3O2. The van der Waals surface area contributed by atoms with Crippen molar-refractivity contribution in [3.05, 3.63) is 40.7 Å². The molecule has 2 aromatic rings. The van der Waals surface area contributed by atoms with Gasteiger partial charge in [-0.25, -0.2) is 0 Å². The summed E-state index contributed by atoms with van der Waals surface area (Å²) in [4.78, 5) is 0. The largest absolute Gasteiger partial charge is 0.408 e. The smallest absolute Gasteiger partial charge is 0.315 e. The molecular weight excluding hydrogens is 254 g/mol. The van der Waals surface area contributed by atoms with Gasteiger partial charge in [0.05, 0.1) is 6.61 Å². The Hall–Kier alpha value is -1.59. The van der Waals surface area contributed by atoms with Gasteiger partial charge in [-0.3, -0.25) is 0 Å². The number of hydrogen-bond donors (Lipinski definition) is 1. The summed E-state index contributed by atoms with van der Waals surface area (Å²) in [5.74, 6) is 0.565. The number of benzene rings is 1. The number of rotatable bonds is 6. The van der Waals surface area contributed by atoms with Gasteiger partial charge in [0.2, 0.25) is 5.89 Å². The van der Waals surface area contributed by atoms with E-state index in [1.54, 1.807) is 7.11 Å². The van der Waals surface area contributed by atoms with E-state index in [0.717, 1.165) is 10.6 Å². The maximum Gasteiger partial charge on any atom is 0.315 e. The zero-order chi connectivity index (χ0) is 12.8. The van der Waals surface area contributed by atoms with E-state index < -0.39 is 0 Å². The average Bonchev–Trinajstić information content (AvgIpc) is 2.84. The van der Waals surface area contributed by atoms with Crippen LogP contribution in [0.25, 0.3) is 0 Å². The van der Waals surface area contributed by atoms with Crippen LogP contribution in [0, 0.1) is 0 Å². The Morgan fingerprint density at radius 1 is 1.28 bits per heavy atom. The minimum Gasteiger partial charge on any atom is -0.408 e. The predicted octanol–water partition coefficient (Wildman–Crippen LogP) is 2.52. The van der Waals surface area contributed by atoms with Gasteiger partial charge in [0, 0.05) is 25.1 Å². The van der Waals surface area contributed by atoms with Gasteiger partial charge in [-0.15, -0.1) is 5.10 Å². The summed E-state index contributed by atoms with van der Waals surface area (Å²) in [6.07, 6.45) is 0.617. The van der Waals surface area contributed by atoms with E-state index in [0.29, 0.717) is 31.5 Å². The first kappa shape index (κ1) is 12.9. The highest BCUT2D eigenvalue weighted by atomic mass is 35.5. The number of anilines is 1. The minimum atomic E-state index is 0.413. The fourth-order valence-electron chi connectivity index (χ4n) is 1.40. The number of hydrogen-bond acceptors (Lipinski definition) is 5. The van der Waals surface area contributed by atoms with Crippen molar-refractivity contribution in [2.75, 3.05) is 19.0 Å². The van der Waals surface area contributed by atoms with Crippen LogP contribution in [0.4, 0.5) is 6.01 Å². The fraction of sp³-hybridized carbons (Fsp3) is 0.333. The average molecular weight is 268 g/mol. The number of methoxy groups -OCH3 is 1. The molecule has 0 saturated heterocycles. The monoisotopic (exact) mass is 267 g/mol. The van der Waals surface area contributed by atoms with E-state index in [4.69, 9.17) is 20.8 Å². The normalized spacial score (nSPS) is 10.6. The molecule has 0 saturated carbocycles. The lowest BCUT2D eigenvalue weighted by molar-refractivity contribution is 0.195. The molecule has 96 valence electrons. The maximum atomic E-state index is 5.81. The van der Waals surface area contributed by atoms with Crippen molar-refractivity contribution in [3.63, 3.8) is 0 Å². The highest BCUT2D eigenvalue weighted by Crippen LogP contribution is 2.12. The molecule has 0 atom stereocenters. The quantitative estimate of drug-likeness (QED) is 0.871. The summed E-state index contributed by atoms with van der Waals surface area (Å²) in [5, 5.41) is 11.6. The number of ether oxygens (including phenoxy) is 1. The number of halogens is 1. The fourth-order valence-corrected chi connectivity index (χ4v) is 1.52. The van der Waals surface area contributed by atoms with E-state index in [-0.39, 0.29) is 0 Å². The number of nitrogens with one attached hydrogen (secondary N) is 1. The molecule has 1 N–H and O–H groups in total. The van der Waals surface area contributed by atoms with Crippen LogP contribution in [0.5, 0.6) is 0 Å². The van der Waals surface area contributed by atoms with Crippen molar-refractivity contribution in [1.29, 1.82) is 0 Å². The van der Waals surface area contributed by atoms with Crippen molar-refractivity contribution in [2.45, 2.75) is 13.0 Å².